The van der Waals surface area contributed by atoms with E-state index in [1.165, 1.54) is 0 Å². The molecule has 1 aliphatic rings. The topological polar surface area (TPSA) is 70.9 Å². The van der Waals surface area contributed by atoms with Crippen molar-refractivity contribution < 1.29 is 14.3 Å². The van der Waals surface area contributed by atoms with E-state index in [4.69, 9.17) is 9.72 Å². The van der Waals surface area contributed by atoms with Crippen LogP contribution in [0.25, 0.3) is 11.0 Å². The molecule has 1 aromatic heterocycles. The van der Waals surface area contributed by atoms with Crippen LogP contribution in [0.1, 0.15) is 21.7 Å². The molecule has 0 aliphatic carbocycles. The molecule has 1 saturated heterocycles. The maximum atomic E-state index is 12.7. The standard InChI is InChI=1S/C25H31N5O3/c1-27(2)25(32)19-7-10-22-21(16-19)26-23(28(22)3)17-29-11-13-30(14-12-29)24(31)15-18-5-8-20(33-4)9-6-18/h5-10,16H,11-15,17H2,1-4H3. The number of carbonyl (C=O) groups excluding carboxylic acids is 2. The number of aryl methyl sites for hydroxylation is 1. The summed E-state index contributed by atoms with van der Waals surface area (Å²) in [5, 5.41) is 0. The number of ether oxygens (including phenoxy) is 1. The van der Waals surface area contributed by atoms with Crippen molar-refractivity contribution >= 4 is 22.8 Å². The molecule has 1 aliphatic heterocycles. The molecule has 0 radical (unpaired) electrons. The molecule has 8 nitrogen and oxygen atoms in total. The van der Waals surface area contributed by atoms with Gasteiger partial charge in [0, 0.05) is 52.9 Å². The van der Waals surface area contributed by atoms with E-state index in [-0.39, 0.29) is 11.8 Å². The number of fused-ring (bicyclic) bond motifs is 1. The Morgan fingerprint density at radius 1 is 1.03 bits per heavy atom. The van der Waals surface area contributed by atoms with Crippen LogP contribution >= 0.6 is 0 Å². The van der Waals surface area contributed by atoms with Gasteiger partial charge in [-0.2, -0.15) is 0 Å². The van der Waals surface area contributed by atoms with Crippen LogP contribution < -0.4 is 4.74 Å². The Labute approximate surface area is 194 Å². The lowest BCUT2D eigenvalue weighted by atomic mass is 10.1. The normalized spacial score (nSPS) is 14.5. The first kappa shape index (κ1) is 22.8. The zero-order valence-corrected chi connectivity index (χ0v) is 19.7. The lowest BCUT2D eigenvalue weighted by molar-refractivity contribution is -0.132. The second-order valence-corrected chi connectivity index (χ2v) is 8.67. The maximum absolute atomic E-state index is 12.7. The molecular weight excluding hydrogens is 418 g/mol. The third kappa shape index (κ3) is 5.01. The van der Waals surface area contributed by atoms with Crippen molar-refractivity contribution in [3.05, 3.63) is 59.4 Å². The lowest BCUT2D eigenvalue weighted by Gasteiger charge is -2.34. The summed E-state index contributed by atoms with van der Waals surface area (Å²) < 4.78 is 7.26. The van der Waals surface area contributed by atoms with Crippen molar-refractivity contribution in [2.75, 3.05) is 47.4 Å². The molecule has 2 aromatic carbocycles. The van der Waals surface area contributed by atoms with Gasteiger partial charge < -0.3 is 19.1 Å². The number of methoxy groups -OCH3 is 1. The van der Waals surface area contributed by atoms with Gasteiger partial charge in [-0.1, -0.05) is 12.1 Å². The fourth-order valence-electron chi connectivity index (χ4n) is 4.17. The molecule has 33 heavy (non-hydrogen) atoms. The van der Waals surface area contributed by atoms with Crippen LogP contribution in [0, 0.1) is 0 Å². The number of nitrogens with zero attached hydrogens (tertiary/aromatic N) is 5. The van der Waals surface area contributed by atoms with Crippen LogP contribution in [-0.4, -0.2) is 83.4 Å². The van der Waals surface area contributed by atoms with Crippen molar-refractivity contribution in [1.29, 1.82) is 0 Å². The van der Waals surface area contributed by atoms with Crippen molar-refractivity contribution in [3.63, 3.8) is 0 Å². The zero-order valence-electron chi connectivity index (χ0n) is 19.7. The van der Waals surface area contributed by atoms with E-state index >= 15 is 0 Å². The summed E-state index contributed by atoms with van der Waals surface area (Å²) >= 11 is 0. The molecule has 0 unspecified atom stereocenters. The largest absolute Gasteiger partial charge is 0.497 e. The number of piperazine rings is 1. The lowest BCUT2D eigenvalue weighted by Crippen LogP contribution is -2.48. The highest BCUT2D eigenvalue weighted by molar-refractivity contribution is 5.97. The SMILES string of the molecule is COc1ccc(CC(=O)N2CCN(Cc3nc4cc(C(=O)N(C)C)ccc4n3C)CC2)cc1. The van der Waals surface area contributed by atoms with Crippen LogP contribution in [0.3, 0.4) is 0 Å². The molecule has 2 amide bonds. The van der Waals surface area contributed by atoms with Gasteiger partial charge in [0.15, 0.2) is 0 Å². The monoisotopic (exact) mass is 449 g/mol. The van der Waals surface area contributed by atoms with E-state index < -0.39 is 0 Å². The molecule has 0 N–H and O–H groups in total. The fourth-order valence-corrected chi connectivity index (χ4v) is 4.17. The first-order chi connectivity index (χ1) is 15.9. The minimum absolute atomic E-state index is 0.0282. The highest BCUT2D eigenvalue weighted by Crippen LogP contribution is 2.19. The molecule has 0 saturated carbocycles. The summed E-state index contributed by atoms with van der Waals surface area (Å²) in [4.78, 5) is 35.6. The Hall–Kier alpha value is -3.39. The van der Waals surface area contributed by atoms with E-state index in [0.717, 1.165) is 41.3 Å². The number of carbonyl (C=O) groups is 2. The molecule has 0 spiro atoms. The van der Waals surface area contributed by atoms with E-state index in [0.29, 0.717) is 31.6 Å². The first-order valence-corrected chi connectivity index (χ1v) is 11.2. The van der Waals surface area contributed by atoms with Gasteiger partial charge in [-0.3, -0.25) is 14.5 Å². The molecule has 0 atom stereocenters. The molecule has 8 heteroatoms. The first-order valence-electron chi connectivity index (χ1n) is 11.2. The molecule has 1 fully saturated rings. The summed E-state index contributed by atoms with van der Waals surface area (Å²) in [6.45, 7) is 3.74. The van der Waals surface area contributed by atoms with Gasteiger partial charge in [0.25, 0.3) is 5.91 Å². The summed E-state index contributed by atoms with van der Waals surface area (Å²) in [6.07, 6.45) is 0.406. The van der Waals surface area contributed by atoms with Gasteiger partial charge in [-0.15, -0.1) is 0 Å². The highest BCUT2D eigenvalue weighted by Gasteiger charge is 2.23. The van der Waals surface area contributed by atoms with Crippen LogP contribution in [0.4, 0.5) is 0 Å². The summed E-state index contributed by atoms with van der Waals surface area (Å²) in [6, 6.07) is 13.3. The van der Waals surface area contributed by atoms with Gasteiger partial charge in [0.2, 0.25) is 5.91 Å². The van der Waals surface area contributed by atoms with E-state index in [9.17, 15) is 9.59 Å². The Balaban J connectivity index is 1.35. The third-order valence-corrected chi connectivity index (χ3v) is 6.23. The number of aromatic nitrogens is 2. The molecule has 2 heterocycles. The molecule has 3 aromatic rings. The number of rotatable bonds is 6. The van der Waals surface area contributed by atoms with Crippen LogP contribution in [0.5, 0.6) is 5.75 Å². The van der Waals surface area contributed by atoms with E-state index in [1.807, 2.05) is 54.4 Å². The molecule has 4 rings (SSSR count). The van der Waals surface area contributed by atoms with Gasteiger partial charge in [0.05, 0.1) is 31.1 Å². The van der Waals surface area contributed by atoms with Crippen molar-refractivity contribution in [2.45, 2.75) is 13.0 Å². The second kappa shape index (κ2) is 9.62. The smallest absolute Gasteiger partial charge is 0.253 e. The Kier molecular flexibility index (Phi) is 6.65. The highest BCUT2D eigenvalue weighted by atomic mass is 16.5. The van der Waals surface area contributed by atoms with Crippen molar-refractivity contribution in [2.24, 2.45) is 7.05 Å². The Bertz CT molecular complexity index is 1140. The van der Waals surface area contributed by atoms with Crippen molar-refractivity contribution in [3.8, 4) is 5.75 Å². The summed E-state index contributed by atoms with van der Waals surface area (Å²) in [5.41, 5.74) is 3.47. The van der Waals surface area contributed by atoms with Gasteiger partial charge in [0.1, 0.15) is 11.6 Å². The van der Waals surface area contributed by atoms with E-state index in [1.54, 1.807) is 26.1 Å². The molecule has 174 valence electrons. The predicted octanol–water partition coefficient (Wildman–Crippen LogP) is 2.17. The number of hydrogen-bond donors (Lipinski definition) is 0. The second-order valence-electron chi connectivity index (χ2n) is 8.67. The molecule has 0 bridgehead atoms. The third-order valence-electron chi connectivity index (χ3n) is 6.23. The zero-order chi connectivity index (χ0) is 23.5. The van der Waals surface area contributed by atoms with Crippen LogP contribution in [-0.2, 0) is 24.8 Å². The minimum atomic E-state index is -0.0282. The number of benzene rings is 2. The summed E-state index contributed by atoms with van der Waals surface area (Å²) in [5.74, 6) is 1.87. The van der Waals surface area contributed by atoms with Gasteiger partial charge in [-0.05, 0) is 35.9 Å². The fraction of sp³-hybridized carbons (Fsp3) is 0.400. The number of imidazole rings is 1. The average molecular weight is 450 g/mol. The maximum Gasteiger partial charge on any atom is 0.253 e. The number of hydrogen-bond acceptors (Lipinski definition) is 5. The quantitative estimate of drug-likeness (QED) is 0.577. The van der Waals surface area contributed by atoms with Crippen LogP contribution in [0.15, 0.2) is 42.5 Å². The Morgan fingerprint density at radius 2 is 1.73 bits per heavy atom. The predicted molar refractivity (Wildman–Crippen MR) is 127 cm³/mol. The summed E-state index contributed by atoms with van der Waals surface area (Å²) in [7, 11) is 7.14. The molecular formula is C25H31N5O3. The Morgan fingerprint density at radius 3 is 2.36 bits per heavy atom. The number of amides is 2. The minimum Gasteiger partial charge on any atom is -0.497 e. The van der Waals surface area contributed by atoms with Crippen LogP contribution in [0.2, 0.25) is 0 Å². The van der Waals surface area contributed by atoms with Gasteiger partial charge >= 0.3 is 0 Å². The van der Waals surface area contributed by atoms with Crippen molar-refractivity contribution in [1.82, 2.24) is 24.3 Å². The van der Waals surface area contributed by atoms with E-state index in [2.05, 4.69) is 9.47 Å². The van der Waals surface area contributed by atoms with Gasteiger partial charge in [-0.25, -0.2) is 4.98 Å². The average Bonchev–Trinajstić information content (AvgIpc) is 3.13.